The van der Waals surface area contributed by atoms with Crippen LogP contribution in [0, 0.1) is 23.7 Å². The maximum Gasteiger partial charge on any atom is 0.166 e. The summed E-state index contributed by atoms with van der Waals surface area (Å²) in [6, 6.07) is 7.32. The lowest BCUT2D eigenvalue weighted by Gasteiger charge is -2.37. The Labute approximate surface area is 192 Å². The summed E-state index contributed by atoms with van der Waals surface area (Å²) in [5.41, 5.74) is 1.43. The Kier molecular flexibility index (Phi) is 7.69. The number of benzene rings is 1. The number of pyridine rings is 1. The fourth-order valence-electron chi connectivity index (χ4n) is 4.46. The monoisotopic (exact) mass is 453 g/mol. The van der Waals surface area contributed by atoms with Gasteiger partial charge in [-0.2, -0.15) is 0 Å². The predicted molar refractivity (Wildman–Crippen MR) is 125 cm³/mol. The standard InChI is InChI=1S/C25H28FN3O2S/c1-31-20-5-7-24-22(15-20)21(8-10-27-24)23(26)6-4-18-9-13-29(16-19(18)17-30)12-2-3-25-28-11-14-32-25/h5,7-8,10-11,14-15,18-19,23,30H,4,6,9,12-13,16-17H2,1H3/t18-,19-,23+/m1/s1. The van der Waals surface area contributed by atoms with Gasteiger partial charge in [0, 0.05) is 36.3 Å². The number of hydrogen-bond donors (Lipinski definition) is 1. The van der Waals surface area contributed by atoms with Crippen molar-refractivity contribution in [2.75, 3.05) is 33.4 Å². The number of piperidine rings is 1. The molecule has 0 amide bonds. The Balaban J connectivity index is 1.35. The van der Waals surface area contributed by atoms with Crippen LogP contribution in [0.5, 0.6) is 5.75 Å². The summed E-state index contributed by atoms with van der Waals surface area (Å²) in [6.07, 6.45) is 4.47. The average Bonchev–Trinajstić information content (AvgIpc) is 3.35. The fraction of sp³-hybridized carbons (Fsp3) is 0.440. The first kappa shape index (κ1) is 22.7. The zero-order valence-corrected chi connectivity index (χ0v) is 19.0. The summed E-state index contributed by atoms with van der Waals surface area (Å²) in [4.78, 5) is 10.8. The van der Waals surface area contributed by atoms with Crippen LogP contribution >= 0.6 is 11.3 Å². The topological polar surface area (TPSA) is 58.5 Å². The molecule has 1 aliphatic rings. The zero-order chi connectivity index (χ0) is 22.3. The van der Waals surface area contributed by atoms with Gasteiger partial charge in [-0.25, -0.2) is 9.37 Å². The highest BCUT2D eigenvalue weighted by Crippen LogP contribution is 2.35. The van der Waals surface area contributed by atoms with Crippen LogP contribution in [0.15, 0.2) is 42.0 Å². The fourth-order valence-corrected chi connectivity index (χ4v) is 4.96. The molecule has 1 N–H and O–H groups in total. The number of hydrogen-bond acceptors (Lipinski definition) is 6. The minimum Gasteiger partial charge on any atom is -0.497 e. The number of likely N-dealkylation sites (tertiary alicyclic amines) is 1. The molecule has 1 aromatic carbocycles. The molecule has 0 saturated carbocycles. The van der Waals surface area contributed by atoms with E-state index in [0.717, 1.165) is 41.8 Å². The van der Waals surface area contributed by atoms with Gasteiger partial charge in [0.15, 0.2) is 5.01 Å². The first-order chi connectivity index (χ1) is 15.7. The molecule has 1 saturated heterocycles. The van der Waals surface area contributed by atoms with Crippen LogP contribution in [0.3, 0.4) is 0 Å². The van der Waals surface area contributed by atoms with Crippen molar-refractivity contribution in [2.24, 2.45) is 11.8 Å². The van der Waals surface area contributed by atoms with Crippen LogP contribution in [-0.4, -0.2) is 53.3 Å². The molecule has 2 aromatic heterocycles. The first-order valence-electron chi connectivity index (χ1n) is 11.0. The highest BCUT2D eigenvalue weighted by atomic mass is 32.1. The van der Waals surface area contributed by atoms with E-state index < -0.39 is 6.17 Å². The number of nitrogens with zero attached hydrogens (tertiary/aromatic N) is 3. The van der Waals surface area contributed by atoms with Gasteiger partial charge >= 0.3 is 0 Å². The molecule has 3 aromatic rings. The van der Waals surface area contributed by atoms with Gasteiger partial charge in [0.1, 0.15) is 11.9 Å². The van der Waals surface area contributed by atoms with E-state index in [1.165, 1.54) is 11.3 Å². The average molecular weight is 454 g/mol. The third kappa shape index (κ3) is 5.44. The van der Waals surface area contributed by atoms with Gasteiger partial charge < -0.3 is 9.84 Å². The molecule has 0 radical (unpaired) electrons. The minimum atomic E-state index is -1.07. The molecule has 3 heterocycles. The second-order valence-corrected chi connectivity index (χ2v) is 9.09. The first-order valence-corrected chi connectivity index (χ1v) is 11.8. The molecule has 3 atom stereocenters. The molecule has 7 heteroatoms. The third-order valence-electron chi connectivity index (χ3n) is 6.25. The lowest BCUT2D eigenvalue weighted by molar-refractivity contribution is 0.0708. The van der Waals surface area contributed by atoms with Crippen LogP contribution in [0.4, 0.5) is 4.39 Å². The number of aliphatic hydroxyl groups is 1. The predicted octanol–water partition coefficient (Wildman–Crippen LogP) is 4.47. The molecular formula is C25H28FN3O2S. The molecule has 168 valence electrons. The van der Waals surface area contributed by atoms with Crippen LogP contribution in [-0.2, 0) is 0 Å². The van der Waals surface area contributed by atoms with E-state index in [2.05, 4.69) is 26.7 Å². The van der Waals surface area contributed by atoms with Crippen LogP contribution in [0.2, 0.25) is 0 Å². The zero-order valence-electron chi connectivity index (χ0n) is 18.2. The van der Waals surface area contributed by atoms with Crippen molar-refractivity contribution >= 4 is 22.2 Å². The number of thiazole rings is 1. The number of methoxy groups -OCH3 is 1. The minimum absolute atomic E-state index is 0.118. The number of aliphatic hydroxyl groups excluding tert-OH is 1. The number of aromatic nitrogens is 2. The molecule has 0 unspecified atom stereocenters. The lowest BCUT2D eigenvalue weighted by Crippen LogP contribution is -2.42. The van der Waals surface area contributed by atoms with Crippen molar-refractivity contribution in [2.45, 2.75) is 25.4 Å². The molecule has 5 nitrogen and oxygen atoms in total. The number of ether oxygens (including phenoxy) is 1. The maximum absolute atomic E-state index is 15.3. The second-order valence-electron chi connectivity index (χ2n) is 8.19. The van der Waals surface area contributed by atoms with Crippen molar-refractivity contribution in [3.05, 3.63) is 52.6 Å². The summed E-state index contributed by atoms with van der Waals surface area (Å²) in [6.45, 7) is 2.49. The van der Waals surface area contributed by atoms with Crippen LogP contribution in [0.1, 0.15) is 36.0 Å². The van der Waals surface area contributed by atoms with Crippen molar-refractivity contribution in [1.29, 1.82) is 0 Å². The van der Waals surface area contributed by atoms with E-state index >= 15 is 4.39 Å². The molecule has 0 bridgehead atoms. The normalized spacial score (nSPS) is 20.0. The Hall–Kier alpha value is -2.53. The third-order valence-corrected chi connectivity index (χ3v) is 6.94. The summed E-state index contributed by atoms with van der Waals surface area (Å²) < 4.78 is 20.6. The van der Waals surface area contributed by atoms with Gasteiger partial charge in [0.25, 0.3) is 0 Å². The molecule has 0 aliphatic carbocycles. The molecular weight excluding hydrogens is 425 g/mol. The van der Waals surface area contributed by atoms with Gasteiger partial charge in [-0.1, -0.05) is 5.92 Å². The van der Waals surface area contributed by atoms with Crippen molar-refractivity contribution < 1.29 is 14.2 Å². The Morgan fingerprint density at radius 3 is 2.97 bits per heavy atom. The highest BCUT2D eigenvalue weighted by molar-refractivity contribution is 7.10. The van der Waals surface area contributed by atoms with Crippen LogP contribution in [0.25, 0.3) is 10.9 Å². The van der Waals surface area contributed by atoms with Crippen molar-refractivity contribution in [3.8, 4) is 17.6 Å². The van der Waals surface area contributed by atoms with E-state index in [9.17, 15) is 5.11 Å². The summed E-state index contributed by atoms with van der Waals surface area (Å²) in [5.74, 6) is 7.42. The van der Waals surface area contributed by atoms with E-state index in [0.29, 0.717) is 30.2 Å². The van der Waals surface area contributed by atoms with Gasteiger partial charge in [-0.15, -0.1) is 11.3 Å². The van der Waals surface area contributed by atoms with E-state index in [-0.39, 0.29) is 12.5 Å². The Bertz CT molecular complexity index is 1080. The lowest BCUT2D eigenvalue weighted by atomic mass is 9.81. The number of halogens is 1. The Morgan fingerprint density at radius 1 is 1.28 bits per heavy atom. The number of rotatable bonds is 7. The largest absolute Gasteiger partial charge is 0.497 e. The maximum atomic E-state index is 15.3. The second kappa shape index (κ2) is 10.9. The molecule has 1 fully saturated rings. The highest BCUT2D eigenvalue weighted by Gasteiger charge is 2.29. The summed E-state index contributed by atoms with van der Waals surface area (Å²) in [5, 5.41) is 13.5. The molecule has 4 rings (SSSR count). The van der Waals surface area contributed by atoms with Gasteiger partial charge in [-0.05, 0) is 73.4 Å². The summed E-state index contributed by atoms with van der Waals surface area (Å²) in [7, 11) is 1.61. The smallest absolute Gasteiger partial charge is 0.166 e. The van der Waals surface area contributed by atoms with Gasteiger partial charge in [0.05, 0.1) is 19.2 Å². The SMILES string of the molecule is COc1ccc2nccc([C@@H](F)CC[C@@H]3CCN(CC#Cc4nccs4)C[C@@H]3CO)c2c1. The molecule has 0 spiro atoms. The Morgan fingerprint density at radius 2 is 2.19 bits per heavy atom. The number of fused-ring (bicyclic) bond motifs is 1. The van der Waals surface area contributed by atoms with Crippen LogP contribution < -0.4 is 4.74 Å². The van der Waals surface area contributed by atoms with Crippen molar-refractivity contribution in [1.82, 2.24) is 14.9 Å². The van der Waals surface area contributed by atoms with Gasteiger partial charge in [0.2, 0.25) is 0 Å². The summed E-state index contributed by atoms with van der Waals surface area (Å²) >= 11 is 1.54. The van der Waals surface area contributed by atoms with E-state index in [4.69, 9.17) is 4.74 Å². The van der Waals surface area contributed by atoms with E-state index in [1.807, 2.05) is 23.6 Å². The quantitative estimate of drug-likeness (QED) is 0.535. The molecule has 1 aliphatic heterocycles. The number of alkyl halides is 1. The molecule has 32 heavy (non-hydrogen) atoms. The van der Waals surface area contributed by atoms with E-state index in [1.54, 1.807) is 25.6 Å². The van der Waals surface area contributed by atoms with Gasteiger partial charge in [-0.3, -0.25) is 9.88 Å². The van der Waals surface area contributed by atoms with Crippen molar-refractivity contribution in [3.63, 3.8) is 0 Å².